The predicted octanol–water partition coefficient (Wildman–Crippen LogP) is 2.27. The van der Waals surface area contributed by atoms with Crippen LogP contribution in [-0.2, 0) is 16.0 Å². The molecule has 1 N–H and O–H groups in total. The topological polar surface area (TPSA) is 41.6 Å². The van der Waals surface area contributed by atoms with E-state index in [1.165, 1.54) is 5.56 Å². The van der Waals surface area contributed by atoms with Gasteiger partial charge in [0.2, 0.25) is 0 Å². The molecule has 2 atom stereocenters. The van der Waals surface area contributed by atoms with Gasteiger partial charge in [0.15, 0.2) is 0 Å². The predicted molar refractivity (Wildman–Crippen MR) is 93.9 cm³/mol. The Morgan fingerprint density at radius 1 is 1.39 bits per heavy atom. The van der Waals surface area contributed by atoms with Crippen molar-refractivity contribution in [1.29, 1.82) is 0 Å². The maximum atomic E-state index is 12.5. The van der Waals surface area contributed by atoms with Crippen molar-refractivity contribution in [3.8, 4) is 0 Å². The zero-order chi connectivity index (χ0) is 15.4. The molecule has 23 heavy (non-hydrogen) atoms. The number of morpholine rings is 1. The van der Waals surface area contributed by atoms with Gasteiger partial charge in [0.1, 0.15) is 6.10 Å². The summed E-state index contributed by atoms with van der Waals surface area (Å²) in [6.07, 6.45) is 3.02. The molecule has 2 aliphatic heterocycles. The highest BCUT2D eigenvalue weighted by molar-refractivity contribution is 5.85. The second-order valence-corrected chi connectivity index (χ2v) is 6.87. The highest BCUT2D eigenvalue weighted by Crippen LogP contribution is 2.35. The Morgan fingerprint density at radius 2 is 2.17 bits per heavy atom. The second kappa shape index (κ2) is 8.13. The number of rotatable bonds is 4. The normalized spacial score (nSPS) is 27.5. The molecular formula is C18H27ClN2O2. The molecule has 1 aromatic rings. The van der Waals surface area contributed by atoms with Crippen LogP contribution in [0.25, 0.3) is 0 Å². The first kappa shape index (κ1) is 18.2. The summed E-state index contributed by atoms with van der Waals surface area (Å²) in [4.78, 5) is 14.5. The number of benzene rings is 1. The van der Waals surface area contributed by atoms with Crippen LogP contribution >= 0.6 is 12.4 Å². The summed E-state index contributed by atoms with van der Waals surface area (Å²) in [5, 5.41) is 3.23. The van der Waals surface area contributed by atoms with Crippen molar-refractivity contribution < 1.29 is 9.53 Å². The number of carbonyl (C=O) groups excluding carboxylic acids is 1. The van der Waals surface area contributed by atoms with Gasteiger partial charge in [-0.3, -0.25) is 4.79 Å². The monoisotopic (exact) mass is 338 g/mol. The summed E-state index contributed by atoms with van der Waals surface area (Å²) in [5.41, 5.74) is 1.61. The number of likely N-dealkylation sites (tertiary alicyclic amines) is 1. The quantitative estimate of drug-likeness (QED) is 0.915. The number of nitrogens with one attached hydrogen (secondary N) is 1. The minimum Gasteiger partial charge on any atom is -0.366 e. The molecule has 0 spiro atoms. The fourth-order valence-corrected chi connectivity index (χ4v) is 3.43. The summed E-state index contributed by atoms with van der Waals surface area (Å²) in [5.74, 6) is 0.163. The van der Waals surface area contributed by atoms with Crippen molar-refractivity contribution in [1.82, 2.24) is 10.2 Å². The molecule has 2 aliphatic rings. The minimum atomic E-state index is -0.287. The SMILES string of the molecule is CC1(CCc2ccccc2)CCN(C(=O)C2CNCCO2)C1.Cl. The summed E-state index contributed by atoms with van der Waals surface area (Å²) >= 11 is 0. The Morgan fingerprint density at radius 3 is 2.87 bits per heavy atom. The first-order chi connectivity index (χ1) is 10.7. The number of hydrogen-bond donors (Lipinski definition) is 1. The third-order valence-electron chi connectivity index (χ3n) is 4.93. The molecule has 2 unspecified atom stereocenters. The van der Waals surface area contributed by atoms with Crippen molar-refractivity contribution in [2.75, 3.05) is 32.8 Å². The largest absolute Gasteiger partial charge is 0.366 e. The van der Waals surface area contributed by atoms with Gasteiger partial charge in [-0.15, -0.1) is 12.4 Å². The molecule has 1 aromatic carbocycles. The smallest absolute Gasteiger partial charge is 0.253 e. The lowest BCUT2D eigenvalue weighted by molar-refractivity contribution is -0.144. The van der Waals surface area contributed by atoms with Crippen molar-refractivity contribution in [3.05, 3.63) is 35.9 Å². The maximum Gasteiger partial charge on any atom is 0.253 e. The van der Waals surface area contributed by atoms with E-state index < -0.39 is 0 Å². The Bertz CT molecular complexity index is 505. The molecule has 5 heteroatoms. The molecular weight excluding hydrogens is 312 g/mol. The summed E-state index contributed by atoms with van der Waals surface area (Å²) in [6.45, 7) is 6.16. The van der Waals surface area contributed by atoms with Gasteiger partial charge >= 0.3 is 0 Å². The Kier molecular flexibility index (Phi) is 6.45. The zero-order valence-corrected chi connectivity index (χ0v) is 14.6. The van der Waals surface area contributed by atoms with Crippen LogP contribution in [0.5, 0.6) is 0 Å². The van der Waals surface area contributed by atoms with Gasteiger partial charge in [-0.05, 0) is 30.2 Å². The van der Waals surface area contributed by atoms with Crippen LogP contribution in [0.1, 0.15) is 25.3 Å². The molecule has 2 fully saturated rings. The second-order valence-electron chi connectivity index (χ2n) is 6.87. The van der Waals surface area contributed by atoms with Crippen LogP contribution in [0.15, 0.2) is 30.3 Å². The van der Waals surface area contributed by atoms with Crippen molar-refractivity contribution in [2.45, 2.75) is 32.3 Å². The molecule has 4 nitrogen and oxygen atoms in total. The summed E-state index contributed by atoms with van der Waals surface area (Å²) < 4.78 is 5.60. The number of nitrogens with zero attached hydrogens (tertiary/aromatic N) is 1. The van der Waals surface area contributed by atoms with E-state index >= 15 is 0 Å². The highest BCUT2D eigenvalue weighted by atomic mass is 35.5. The summed E-state index contributed by atoms with van der Waals surface area (Å²) in [7, 11) is 0. The van der Waals surface area contributed by atoms with E-state index in [9.17, 15) is 4.79 Å². The zero-order valence-electron chi connectivity index (χ0n) is 13.8. The van der Waals surface area contributed by atoms with Crippen LogP contribution in [0.4, 0.5) is 0 Å². The number of amides is 1. The van der Waals surface area contributed by atoms with Crippen molar-refractivity contribution in [2.24, 2.45) is 5.41 Å². The molecule has 0 bridgehead atoms. The molecule has 1 amide bonds. The Labute approximate surface area is 145 Å². The van der Waals surface area contributed by atoms with Gasteiger partial charge < -0.3 is 15.0 Å². The lowest BCUT2D eigenvalue weighted by atomic mass is 9.83. The lowest BCUT2D eigenvalue weighted by Gasteiger charge is -2.29. The fourth-order valence-electron chi connectivity index (χ4n) is 3.43. The maximum absolute atomic E-state index is 12.5. The minimum absolute atomic E-state index is 0. The lowest BCUT2D eigenvalue weighted by Crippen LogP contribution is -2.49. The van der Waals surface area contributed by atoms with Crippen LogP contribution in [-0.4, -0.2) is 49.7 Å². The standard InChI is InChI=1S/C18H26N2O2.ClH/c1-18(8-7-15-5-3-2-4-6-15)9-11-20(14-18)17(21)16-13-19-10-12-22-16;/h2-6,16,19H,7-14H2,1H3;1H. The molecule has 0 radical (unpaired) electrons. The number of hydrogen-bond acceptors (Lipinski definition) is 3. The van der Waals surface area contributed by atoms with Crippen molar-refractivity contribution >= 4 is 18.3 Å². The van der Waals surface area contributed by atoms with E-state index in [2.05, 4.69) is 42.6 Å². The average molecular weight is 339 g/mol. The average Bonchev–Trinajstić information content (AvgIpc) is 2.97. The first-order valence-corrected chi connectivity index (χ1v) is 8.31. The third-order valence-corrected chi connectivity index (χ3v) is 4.93. The Hall–Kier alpha value is -1.10. The molecule has 2 heterocycles. The number of halogens is 1. The van der Waals surface area contributed by atoms with Gasteiger partial charge in [-0.2, -0.15) is 0 Å². The molecule has 0 saturated carbocycles. The molecule has 0 aliphatic carbocycles. The van der Waals surface area contributed by atoms with E-state index in [1.807, 2.05) is 4.90 Å². The van der Waals surface area contributed by atoms with E-state index in [4.69, 9.17) is 4.74 Å². The van der Waals surface area contributed by atoms with Gasteiger partial charge in [0.25, 0.3) is 5.91 Å². The molecule has 0 aromatic heterocycles. The summed E-state index contributed by atoms with van der Waals surface area (Å²) in [6, 6.07) is 10.6. The number of aryl methyl sites for hydroxylation is 1. The van der Waals surface area contributed by atoms with E-state index in [1.54, 1.807) is 0 Å². The Balaban J connectivity index is 0.00000192. The van der Waals surface area contributed by atoms with Crippen LogP contribution in [0.2, 0.25) is 0 Å². The third kappa shape index (κ3) is 4.69. The van der Waals surface area contributed by atoms with Gasteiger partial charge in [-0.25, -0.2) is 0 Å². The fraction of sp³-hybridized carbons (Fsp3) is 0.611. The van der Waals surface area contributed by atoms with Crippen LogP contribution in [0.3, 0.4) is 0 Å². The van der Waals surface area contributed by atoms with Crippen LogP contribution in [0, 0.1) is 5.41 Å². The van der Waals surface area contributed by atoms with E-state index in [-0.39, 0.29) is 29.8 Å². The molecule has 128 valence electrons. The van der Waals surface area contributed by atoms with Gasteiger partial charge in [0.05, 0.1) is 6.61 Å². The number of ether oxygens (including phenoxy) is 1. The van der Waals surface area contributed by atoms with Gasteiger partial charge in [0, 0.05) is 26.2 Å². The highest BCUT2D eigenvalue weighted by Gasteiger charge is 2.38. The van der Waals surface area contributed by atoms with E-state index in [0.717, 1.165) is 38.9 Å². The molecule has 3 rings (SSSR count). The van der Waals surface area contributed by atoms with Crippen LogP contribution < -0.4 is 5.32 Å². The van der Waals surface area contributed by atoms with E-state index in [0.29, 0.717) is 13.2 Å². The number of carbonyl (C=O) groups is 1. The first-order valence-electron chi connectivity index (χ1n) is 8.31. The van der Waals surface area contributed by atoms with Gasteiger partial charge in [-0.1, -0.05) is 37.3 Å². The van der Waals surface area contributed by atoms with Crippen molar-refractivity contribution in [3.63, 3.8) is 0 Å². The molecule has 2 saturated heterocycles.